The van der Waals surface area contributed by atoms with Crippen molar-refractivity contribution in [3.63, 3.8) is 0 Å². The van der Waals surface area contributed by atoms with Gasteiger partial charge in [0.2, 0.25) is 0 Å². The topological polar surface area (TPSA) is 54.7 Å². The van der Waals surface area contributed by atoms with Crippen molar-refractivity contribution in [3.8, 4) is 0 Å². The molecule has 3 nitrogen and oxygen atoms in total. The fourth-order valence-corrected chi connectivity index (χ4v) is 1.42. The fourth-order valence-electron chi connectivity index (χ4n) is 1.31. The summed E-state index contributed by atoms with van der Waals surface area (Å²) in [5.74, 6) is 0.830. The summed E-state index contributed by atoms with van der Waals surface area (Å²) >= 11 is 4.92. The maximum atomic E-state index is 5.56. The Hall–Kier alpha value is -1.42. The van der Waals surface area contributed by atoms with Gasteiger partial charge in [-0.1, -0.05) is 24.4 Å². The quantitative estimate of drug-likeness (QED) is 0.737. The van der Waals surface area contributed by atoms with Crippen LogP contribution in [-0.2, 0) is 0 Å². The summed E-state index contributed by atoms with van der Waals surface area (Å²) in [5, 5.41) is 0. The van der Waals surface area contributed by atoms with Crippen LogP contribution in [0.1, 0.15) is 18.7 Å². The second-order valence-corrected chi connectivity index (χ2v) is 3.73. The Labute approximate surface area is 87.3 Å². The van der Waals surface area contributed by atoms with Gasteiger partial charge >= 0.3 is 0 Å². The van der Waals surface area contributed by atoms with Crippen molar-refractivity contribution < 1.29 is 0 Å². The first kappa shape index (κ1) is 9.15. The fraction of sp³-hybridized carbons (Fsp3) is 0.200. The Kier molecular flexibility index (Phi) is 2.21. The van der Waals surface area contributed by atoms with Gasteiger partial charge in [0.15, 0.2) is 0 Å². The largest absolute Gasteiger partial charge is 0.393 e. The number of H-pyrrole nitrogens is 1. The van der Waals surface area contributed by atoms with Gasteiger partial charge < -0.3 is 10.7 Å². The van der Waals surface area contributed by atoms with Crippen molar-refractivity contribution in [2.24, 2.45) is 5.73 Å². The molecular weight excluding hydrogens is 194 g/mol. The van der Waals surface area contributed by atoms with Crippen molar-refractivity contribution in [2.75, 3.05) is 0 Å². The lowest BCUT2D eigenvalue weighted by molar-refractivity contribution is 0.923. The summed E-state index contributed by atoms with van der Waals surface area (Å²) < 4.78 is 0. The maximum Gasteiger partial charge on any atom is 0.116 e. The molecule has 1 heterocycles. The van der Waals surface area contributed by atoms with Gasteiger partial charge in [-0.15, -0.1) is 0 Å². The summed E-state index contributed by atoms with van der Waals surface area (Å²) in [6, 6.07) is 7.87. The van der Waals surface area contributed by atoms with E-state index in [1.54, 1.807) is 0 Å². The minimum Gasteiger partial charge on any atom is -0.393 e. The Morgan fingerprint density at radius 3 is 2.86 bits per heavy atom. The molecular formula is C10H11N3S. The highest BCUT2D eigenvalue weighted by molar-refractivity contribution is 7.80. The molecule has 1 aromatic heterocycles. The molecule has 0 spiro atoms. The number of fused-ring (bicyclic) bond motifs is 1. The predicted octanol–water partition coefficient (Wildman–Crippen LogP) is 1.95. The molecule has 0 saturated heterocycles. The van der Waals surface area contributed by atoms with Crippen LogP contribution < -0.4 is 5.73 Å². The second-order valence-electron chi connectivity index (χ2n) is 3.26. The van der Waals surface area contributed by atoms with Gasteiger partial charge in [0.05, 0.1) is 21.9 Å². The average Bonchev–Trinajstić information content (AvgIpc) is 2.59. The molecule has 1 unspecified atom stereocenters. The molecule has 0 bridgehead atoms. The number of aromatic nitrogens is 2. The minimum absolute atomic E-state index is 0.00241. The van der Waals surface area contributed by atoms with E-state index in [-0.39, 0.29) is 5.92 Å². The van der Waals surface area contributed by atoms with Crippen molar-refractivity contribution in [3.05, 3.63) is 30.1 Å². The number of imidazole rings is 1. The molecule has 0 radical (unpaired) electrons. The standard InChI is InChI=1S/C10H11N3S/c1-6(9(11)14)10-12-7-4-2-3-5-8(7)13-10/h2-6H,1H3,(H2,11,14)(H,12,13). The number of rotatable bonds is 2. The van der Waals surface area contributed by atoms with Crippen molar-refractivity contribution in [1.82, 2.24) is 9.97 Å². The average molecular weight is 205 g/mol. The number of benzene rings is 1. The van der Waals surface area contributed by atoms with Crippen LogP contribution in [0.3, 0.4) is 0 Å². The molecule has 1 aromatic carbocycles. The third kappa shape index (κ3) is 1.48. The number of nitrogens with zero attached hydrogens (tertiary/aromatic N) is 1. The molecule has 0 saturated carbocycles. The monoisotopic (exact) mass is 205 g/mol. The van der Waals surface area contributed by atoms with Crippen LogP contribution in [0.15, 0.2) is 24.3 Å². The van der Waals surface area contributed by atoms with E-state index in [0.29, 0.717) is 4.99 Å². The summed E-state index contributed by atoms with van der Waals surface area (Å²) in [7, 11) is 0. The van der Waals surface area contributed by atoms with E-state index >= 15 is 0 Å². The number of para-hydroxylation sites is 2. The zero-order valence-corrected chi connectivity index (χ0v) is 8.64. The predicted molar refractivity (Wildman–Crippen MR) is 61.3 cm³/mol. The van der Waals surface area contributed by atoms with Gasteiger partial charge in [0.25, 0.3) is 0 Å². The van der Waals surface area contributed by atoms with Crippen LogP contribution in [0.2, 0.25) is 0 Å². The summed E-state index contributed by atoms with van der Waals surface area (Å²) in [6.45, 7) is 1.94. The van der Waals surface area contributed by atoms with Gasteiger partial charge in [-0.05, 0) is 19.1 Å². The van der Waals surface area contributed by atoms with Crippen molar-refractivity contribution in [2.45, 2.75) is 12.8 Å². The van der Waals surface area contributed by atoms with Gasteiger partial charge in [-0.2, -0.15) is 0 Å². The lowest BCUT2D eigenvalue weighted by Gasteiger charge is -2.03. The molecule has 14 heavy (non-hydrogen) atoms. The normalized spacial score (nSPS) is 12.9. The first-order valence-corrected chi connectivity index (χ1v) is 4.83. The van der Waals surface area contributed by atoms with Gasteiger partial charge in [-0.3, -0.25) is 0 Å². The number of nitrogens with two attached hydrogens (primary N) is 1. The number of aromatic amines is 1. The van der Waals surface area contributed by atoms with E-state index in [9.17, 15) is 0 Å². The van der Waals surface area contributed by atoms with Crippen LogP contribution >= 0.6 is 12.2 Å². The minimum atomic E-state index is -0.00241. The van der Waals surface area contributed by atoms with E-state index in [1.165, 1.54) is 0 Å². The Morgan fingerprint density at radius 2 is 2.21 bits per heavy atom. The Bertz CT molecular complexity index is 442. The second kappa shape index (κ2) is 3.38. The van der Waals surface area contributed by atoms with E-state index in [2.05, 4.69) is 9.97 Å². The van der Waals surface area contributed by atoms with Crippen LogP contribution in [0.25, 0.3) is 11.0 Å². The van der Waals surface area contributed by atoms with Gasteiger partial charge in [-0.25, -0.2) is 4.98 Å². The van der Waals surface area contributed by atoms with Crippen molar-refractivity contribution in [1.29, 1.82) is 0 Å². The molecule has 72 valence electrons. The van der Waals surface area contributed by atoms with E-state index in [1.807, 2.05) is 31.2 Å². The van der Waals surface area contributed by atoms with Crippen LogP contribution in [0.4, 0.5) is 0 Å². The Balaban J connectivity index is 2.50. The lowest BCUT2D eigenvalue weighted by Crippen LogP contribution is -2.17. The maximum absolute atomic E-state index is 5.56. The van der Waals surface area contributed by atoms with Crippen molar-refractivity contribution >= 4 is 28.2 Å². The zero-order chi connectivity index (χ0) is 10.1. The molecule has 2 rings (SSSR count). The highest BCUT2D eigenvalue weighted by Crippen LogP contribution is 2.17. The van der Waals surface area contributed by atoms with Crippen LogP contribution in [-0.4, -0.2) is 15.0 Å². The summed E-state index contributed by atoms with van der Waals surface area (Å²) in [5.41, 5.74) is 7.53. The molecule has 0 amide bonds. The molecule has 2 aromatic rings. The van der Waals surface area contributed by atoms with E-state index in [0.717, 1.165) is 16.9 Å². The third-order valence-corrected chi connectivity index (χ3v) is 2.60. The first-order chi connectivity index (χ1) is 6.68. The van der Waals surface area contributed by atoms with Crippen LogP contribution in [0, 0.1) is 0 Å². The Morgan fingerprint density at radius 1 is 1.50 bits per heavy atom. The number of nitrogens with one attached hydrogen (secondary N) is 1. The third-order valence-electron chi connectivity index (χ3n) is 2.24. The highest BCUT2D eigenvalue weighted by Gasteiger charge is 2.12. The lowest BCUT2D eigenvalue weighted by atomic mass is 10.2. The number of hydrogen-bond donors (Lipinski definition) is 2. The smallest absolute Gasteiger partial charge is 0.116 e. The molecule has 0 aliphatic rings. The highest BCUT2D eigenvalue weighted by atomic mass is 32.1. The van der Waals surface area contributed by atoms with Gasteiger partial charge in [0, 0.05) is 0 Å². The molecule has 0 aliphatic carbocycles. The first-order valence-electron chi connectivity index (χ1n) is 4.42. The zero-order valence-electron chi connectivity index (χ0n) is 7.82. The van der Waals surface area contributed by atoms with Gasteiger partial charge in [0.1, 0.15) is 5.82 Å². The molecule has 0 aliphatic heterocycles. The molecule has 4 heteroatoms. The molecule has 0 fully saturated rings. The van der Waals surface area contributed by atoms with Crippen LogP contribution in [0.5, 0.6) is 0 Å². The molecule has 3 N–H and O–H groups in total. The summed E-state index contributed by atoms with van der Waals surface area (Å²) in [6.07, 6.45) is 0. The SMILES string of the molecule is CC(C(N)=S)c1nc2ccccc2[nH]1. The number of thiocarbonyl (C=S) groups is 1. The summed E-state index contributed by atoms with van der Waals surface area (Å²) in [4.78, 5) is 8.07. The van der Waals surface area contributed by atoms with E-state index in [4.69, 9.17) is 18.0 Å². The van der Waals surface area contributed by atoms with E-state index < -0.39 is 0 Å². The molecule has 1 atom stereocenters. The number of hydrogen-bond acceptors (Lipinski definition) is 2.